The summed E-state index contributed by atoms with van der Waals surface area (Å²) in [6.45, 7) is 0. The molecule has 3 aromatic rings. The molecule has 1 aliphatic heterocycles. The molecule has 0 bridgehead atoms. The number of nitrogens with one attached hydrogen (secondary N) is 1. The summed E-state index contributed by atoms with van der Waals surface area (Å²) < 4.78 is 1.99. The highest BCUT2D eigenvalue weighted by Crippen LogP contribution is 2.38. The summed E-state index contributed by atoms with van der Waals surface area (Å²) in [5.41, 5.74) is 1.29. The van der Waals surface area contributed by atoms with Gasteiger partial charge >= 0.3 is 0 Å². The zero-order chi connectivity index (χ0) is 13.4. The molecular weight excluding hydrogens is 268 g/mol. The zero-order valence-electron chi connectivity index (χ0n) is 10.8. The number of fused-ring (bicyclic) bond motifs is 1. The predicted octanol–water partition coefficient (Wildman–Crippen LogP) is 3.49. The molecule has 1 aliphatic rings. The Balaban J connectivity index is 1.74. The Morgan fingerprint density at radius 2 is 2.05 bits per heavy atom. The van der Waals surface area contributed by atoms with Crippen molar-refractivity contribution in [1.29, 1.82) is 0 Å². The van der Waals surface area contributed by atoms with Crippen LogP contribution in [0.15, 0.2) is 54.2 Å². The molecule has 1 aromatic carbocycles. The summed E-state index contributed by atoms with van der Waals surface area (Å²) in [6, 6.07) is 15.3. The first-order valence-electron chi connectivity index (χ1n) is 6.66. The SMILES string of the molecule is c1ccc([C@@H]2C[C@@H](c3cccs3)n3ncnc3N2)cc1. The first kappa shape index (κ1) is 11.7. The van der Waals surface area contributed by atoms with Gasteiger partial charge in [-0.2, -0.15) is 10.1 Å². The Morgan fingerprint density at radius 3 is 2.85 bits per heavy atom. The molecule has 4 rings (SSSR count). The summed E-state index contributed by atoms with van der Waals surface area (Å²) in [7, 11) is 0. The maximum absolute atomic E-state index is 4.37. The molecular formula is C15H14N4S. The number of nitrogens with zero attached hydrogens (tertiary/aromatic N) is 3. The molecule has 1 N–H and O–H groups in total. The van der Waals surface area contributed by atoms with Crippen LogP contribution in [0, 0.1) is 0 Å². The topological polar surface area (TPSA) is 42.7 Å². The highest BCUT2D eigenvalue weighted by atomic mass is 32.1. The highest BCUT2D eigenvalue weighted by molar-refractivity contribution is 7.10. The fourth-order valence-electron chi connectivity index (χ4n) is 2.74. The van der Waals surface area contributed by atoms with Gasteiger partial charge in [0.1, 0.15) is 6.33 Å². The lowest BCUT2D eigenvalue weighted by atomic mass is 9.97. The van der Waals surface area contributed by atoms with E-state index >= 15 is 0 Å². The largest absolute Gasteiger partial charge is 0.348 e. The maximum Gasteiger partial charge on any atom is 0.222 e. The summed E-state index contributed by atoms with van der Waals surface area (Å²) in [5, 5.41) is 9.97. The van der Waals surface area contributed by atoms with Crippen molar-refractivity contribution in [3.05, 3.63) is 64.6 Å². The maximum atomic E-state index is 4.37. The lowest BCUT2D eigenvalue weighted by Gasteiger charge is -2.31. The van der Waals surface area contributed by atoms with E-state index in [1.165, 1.54) is 10.4 Å². The number of thiophene rings is 1. The van der Waals surface area contributed by atoms with Gasteiger partial charge in [0.25, 0.3) is 0 Å². The third kappa shape index (κ3) is 1.91. The number of aromatic nitrogens is 3. The fourth-order valence-corrected chi connectivity index (χ4v) is 3.57. The standard InChI is InChI=1S/C15H14N4S/c1-2-5-11(6-3-1)12-9-13(14-7-4-8-20-14)19-15(18-12)16-10-17-19/h1-8,10,12-13H,9H2,(H,16,17,18)/t12-,13-/m0/s1. The van der Waals surface area contributed by atoms with Crippen LogP contribution in [0.3, 0.4) is 0 Å². The van der Waals surface area contributed by atoms with Crippen molar-refractivity contribution >= 4 is 17.3 Å². The Morgan fingerprint density at radius 1 is 1.15 bits per heavy atom. The van der Waals surface area contributed by atoms with Crippen molar-refractivity contribution in [1.82, 2.24) is 14.8 Å². The summed E-state index contributed by atoms with van der Waals surface area (Å²) in [4.78, 5) is 5.67. The van der Waals surface area contributed by atoms with E-state index in [-0.39, 0.29) is 12.1 Å². The minimum Gasteiger partial charge on any atom is -0.348 e. The first-order valence-corrected chi connectivity index (χ1v) is 7.54. The molecule has 20 heavy (non-hydrogen) atoms. The van der Waals surface area contributed by atoms with Gasteiger partial charge in [-0.15, -0.1) is 11.3 Å². The van der Waals surface area contributed by atoms with E-state index in [1.54, 1.807) is 17.7 Å². The van der Waals surface area contributed by atoms with Crippen LogP contribution in [0.2, 0.25) is 0 Å². The normalized spacial score (nSPS) is 21.2. The van der Waals surface area contributed by atoms with Crippen LogP contribution in [0.1, 0.15) is 28.9 Å². The van der Waals surface area contributed by atoms with E-state index in [4.69, 9.17) is 0 Å². The molecule has 3 heterocycles. The zero-order valence-corrected chi connectivity index (χ0v) is 11.6. The van der Waals surface area contributed by atoms with Crippen molar-refractivity contribution in [2.45, 2.75) is 18.5 Å². The van der Waals surface area contributed by atoms with Crippen molar-refractivity contribution in [3.63, 3.8) is 0 Å². The van der Waals surface area contributed by atoms with E-state index < -0.39 is 0 Å². The van der Waals surface area contributed by atoms with Crippen LogP contribution in [-0.4, -0.2) is 14.8 Å². The Kier molecular flexibility index (Phi) is 2.77. The smallest absolute Gasteiger partial charge is 0.222 e. The van der Waals surface area contributed by atoms with Crippen LogP contribution >= 0.6 is 11.3 Å². The summed E-state index contributed by atoms with van der Waals surface area (Å²) >= 11 is 1.78. The van der Waals surface area contributed by atoms with E-state index in [9.17, 15) is 0 Å². The second kappa shape index (κ2) is 4.76. The molecule has 4 nitrogen and oxygen atoms in total. The van der Waals surface area contributed by atoms with E-state index in [2.05, 4.69) is 57.2 Å². The lowest BCUT2D eigenvalue weighted by molar-refractivity contribution is 0.436. The molecule has 0 unspecified atom stereocenters. The summed E-state index contributed by atoms with van der Waals surface area (Å²) in [5.74, 6) is 0.850. The number of benzene rings is 1. The number of anilines is 1. The van der Waals surface area contributed by atoms with E-state index in [0.717, 1.165) is 12.4 Å². The third-order valence-corrected chi connectivity index (χ3v) is 4.68. The number of hydrogen-bond acceptors (Lipinski definition) is 4. The molecule has 0 saturated heterocycles. The fraction of sp³-hybridized carbons (Fsp3) is 0.200. The van der Waals surface area contributed by atoms with E-state index in [0.29, 0.717) is 0 Å². The summed E-state index contributed by atoms with van der Waals surface area (Å²) in [6.07, 6.45) is 2.61. The minimum atomic E-state index is 0.263. The Hall–Kier alpha value is -2.14. The lowest BCUT2D eigenvalue weighted by Crippen LogP contribution is -2.27. The van der Waals surface area contributed by atoms with Crippen LogP contribution in [0.4, 0.5) is 5.95 Å². The van der Waals surface area contributed by atoms with Crippen molar-refractivity contribution in [3.8, 4) is 0 Å². The monoisotopic (exact) mass is 282 g/mol. The van der Waals surface area contributed by atoms with Crippen molar-refractivity contribution < 1.29 is 0 Å². The molecule has 0 spiro atoms. The molecule has 0 radical (unpaired) electrons. The number of hydrogen-bond donors (Lipinski definition) is 1. The molecule has 0 amide bonds. The van der Waals surface area contributed by atoms with E-state index in [1.807, 2.05) is 10.7 Å². The van der Waals surface area contributed by atoms with Crippen LogP contribution in [0.25, 0.3) is 0 Å². The van der Waals surface area contributed by atoms with Gasteiger partial charge in [-0.1, -0.05) is 36.4 Å². The van der Waals surface area contributed by atoms with Gasteiger partial charge in [0.2, 0.25) is 5.95 Å². The molecule has 0 aliphatic carbocycles. The van der Waals surface area contributed by atoms with Crippen molar-refractivity contribution in [2.24, 2.45) is 0 Å². The first-order chi connectivity index (χ1) is 9.92. The molecule has 0 fully saturated rings. The Bertz CT molecular complexity index is 690. The highest BCUT2D eigenvalue weighted by Gasteiger charge is 2.30. The van der Waals surface area contributed by atoms with Crippen LogP contribution in [-0.2, 0) is 0 Å². The second-order valence-corrected chi connectivity index (χ2v) is 5.88. The molecule has 100 valence electrons. The van der Waals surface area contributed by atoms with Gasteiger partial charge in [0.05, 0.1) is 12.1 Å². The quantitative estimate of drug-likeness (QED) is 0.782. The number of rotatable bonds is 2. The Labute approximate surface area is 121 Å². The average Bonchev–Trinajstić information content (AvgIpc) is 3.18. The van der Waals surface area contributed by atoms with Crippen molar-refractivity contribution in [2.75, 3.05) is 5.32 Å². The van der Waals surface area contributed by atoms with Crippen LogP contribution < -0.4 is 5.32 Å². The van der Waals surface area contributed by atoms with Gasteiger partial charge in [-0.3, -0.25) is 0 Å². The van der Waals surface area contributed by atoms with Gasteiger partial charge in [-0.25, -0.2) is 4.68 Å². The third-order valence-electron chi connectivity index (χ3n) is 3.70. The van der Waals surface area contributed by atoms with Gasteiger partial charge in [-0.05, 0) is 23.4 Å². The molecule has 2 aromatic heterocycles. The molecule has 5 heteroatoms. The minimum absolute atomic E-state index is 0.263. The van der Waals surface area contributed by atoms with Crippen LogP contribution in [0.5, 0.6) is 0 Å². The van der Waals surface area contributed by atoms with Gasteiger partial charge < -0.3 is 5.32 Å². The van der Waals surface area contributed by atoms with Gasteiger partial charge in [0, 0.05) is 4.88 Å². The predicted molar refractivity (Wildman–Crippen MR) is 79.9 cm³/mol. The second-order valence-electron chi connectivity index (χ2n) is 4.90. The molecule has 0 saturated carbocycles. The molecule has 2 atom stereocenters. The van der Waals surface area contributed by atoms with Gasteiger partial charge in [0.15, 0.2) is 0 Å². The average molecular weight is 282 g/mol.